The second-order valence-electron chi connectivity index (χ2n) is 6.15. The molecule has 3 aromatic rings. The summed E-state index contributed by atoms with van der Waals surface area (Å²) in [6, 6.07) is 12.0. The molecule has 2 heterocycles. The van der Waals surface area contributed by atoms with Crippen LogP contribution >= 0.6 is 35.6 Å². The van der Waals surface area contributed by atoms with Gasteiger partial charge in [0.15, 0.2) is 17.5 Å². The van der Waals surface area contributed by atoms with Crippen LogP contribution < -0.4 is 15.4 Å². The lowest BCUT2D eigenvalue weighted by Gasteiger charge is -2.13. The molecule has 6 nitrogen and oxygen atoms in total. The SMILES string of the molecule is CN=C(NCCc1ccc(Cl)nc1)NCc1ccc(Oc2cccnc2)c(F)c1.I. The number of nitrogens with zero attached hydrogens (tertiary/aromatic N) is 3. The van der Waals surface area contributed by atoms with Crippen molar-refractivity contribution in [3.63, 3.8) is 0 Å². The quantitative estimate of drug-likeness (QED) is 0.198. The fourth-order valence-corrected chi connectivity index (χ4v) is 2.67. The van der Waals surface area contributed by atoms with Crippen molar-refractivity contribution in [2.45, 2.75) is 13.0 Å². The van der Waals surface area contributed by atoms with Gasteiger partial charge in [-0.1, -0.05) is 23.7 Å². The summed E-state index contributed by atoms with van der Waals surface area (Å²) in [6.45, 7) is 1.10. The largest absolute Gasteiger partial charge is 0.453 e. The number of aliphatic imine (C=N–C) groups is 1. The van der Waals surface area contributed by atoms with Crippen LogP contribution in [0, 0.1) is 5.82 Å². The summed E-state index contributed by atoms with van der Waals surface area (Å²) >= 11 is 5.79. The Balaban J connectivity index is 0.00000320. The van der Waals surface area contributed by atoms with Crippen LogP contribution in [-0.4, -0.2) is 29.5 Å². The molecule has 158 valence electrons. The predicted octanol–water partition coefficient (Wildman–Crippen LogP) is 4.59. The first-order chi connectivity index (χ1) is 14.1. The molecule has 0 radical (unpaired) electrons. The third kappa shape index (κ3) is 7.42. The summed E-state index contributed by atoms with van der Waals surface area (Å²) in [5.41, 5.74) is 1.84. The number of hydrogen-bond acceptors (Lipinski definition) is 4. The maximum Gasteiger partial charge on any atom is 0.191 e. The van der Waals surface area contributed by atoms with Crippen LogP contribution in [0.25, 0.3) is 0 Å². The lowest BCUT2D eigenvalue weighted by Crippen LogP contribution is -2.37. The van der Waals surface area contributed by atoms with Crippen LogP contribution in [-0.2, 0) is 13.0 Å². The summed E-state index contributed by atoms with van der Waals surface area (Å²) in [6.07, 6.45) is 5.69. The Hall–Kier alpha value is -2.46. The minimum atomic E-state index is -0.439. The van der Waals surface area contributed by atoms with E-state index in [-0.39, 0.29) is 29.7 Å². The average Bonchev–Trinajstić information content (AvgIpc) is 2.74. The van der Waals surface area contributed by atoms with Gasteiger partial charge in [0.05, 0.1) is 6.20 Å². The van der Waals surface area contributed by atoms with Crippen LogP contribution in [0.1, 0.15) is 11.1 Å². The summed E-state index contributed by atoms with van der Waals surface area (Å²) in [7, 11) is 1.69. The van der Waals surface area contributed by atoms with Gasteiger partial charge in [-0.2, -0.15) is 0 Å². The van der Waals surface area contributed by atoms with Crippen LogP contribution in [0.3, 0.4) is 0 Å². The van der Waals surface area contributed by atoms with Crippen LogP contribution in [0.5, 0.6) is 11.5 Å². The molecule has 0 aliphatic heterocycles. The molecule has 2 N–H and O–H groups in total. The molecular formula is C21H22ClFIN5O. The number of hydrogen-bond donors (Lipinski definition) is 2. The Kier molecular flexibility index (Phi) is 9.75. The van der Waals surface area contributed by atoms with E-state index < -0.39 is 5.82 Å². The molecule has 0 aliphatic carbocycles. The zero-order valence-electron chi connectivity index (χ0n) is 16.3. The molecule has 0 spiro atoms. The van der Waals surface area contributed by atoms with Gasteiger partial charge >= 0.3 is 0 Å². The molecular weight excluding hydrogens is 520 g/mol. The van der Waals surface area contributed by atoms with E-state index in [1.165, 1.54) is 12.3 Å². The Labute approximate surface area is 197 Å². The zero-order valence-corrected chi connectivity index (χ0v) is 19.4. The second kappa shape index (κ2) is 12.3. The number of pyridine rings is 2. The zero-order chi connectivity index (χ0) is 20.5. The van der Waals surface area contributed by atoms with E-state index >= 15 is 0 Å². The van der Waals surface area contributed by atoms with Crippen molar-refractivity contribution in [1.29, 1.82) is 0 Å². The smallest absolute Gasteiger partial charge is 0.191 e. The molecule has 30 heavy (non-hydrogen) atoms. The normalized spacial score (nSPS) is 10.8. The third-order valence-corrected chi connectivity index (χ3v) is 4.26. The van der Waals surface area contributed by atoms with E-state index in [0.717, 1.165) is 17.5 Å². The minimum Gasteiger partial charge on any atom is -0.453 e. The average molecular weight is 542 g/mol. The van der Waals surface area contributed by atoms with Gasteiger partial charge in [0.2, 0.25) is 0 Å². The van der Waals surface area contributed by atoms with Crippen LogP contribution in [0.4, 0.5) is 4.39 Å². The van der Waals surface area contributed by atoms with Gasteiger partial charge in [-0.3, -0.25) is 9.98 Å². The first kappa shape index (κ1) is 23.8. The number of guanidine groups is 1. The summed E-state index contributed by atoms with van der Waals surface area (Å²) in [4.78, 5) is 12.2. The highest BCUT2D eigenvalue weighted by Crippen LogP contribution is 2.24. The number of benzene rings is 1. The van der Waals surface area contributed by atoms with Gasteiger partial charge in [-0.05, 0) is 47.9 Å². The van der Waals surface area contributed by atoms with Crippen molar-refractivity contribution < 1.29 is 9.13 Å². The van der Waals surface area contributed by atoms with Gasteiger partial charge < -0.3 is 15.4 Å². The van der Waals surface area contributed by atoms with E-state index in [0.29, 0.717) is 30.0 Å². The number of rotatable bonds is 7. The molecule has 0 bridgehead atoms. The monoisotopic (exact) mass is 541 g/mol. The first-order valence-corrected chi connectivity index (χ1v) is 9.43. The summed E-state index contributed by atoms with van der Waals surface area (Å²) in [5, 5.41) is 6.85. The highest BCUT2D eigenvalue weighted by Gasteiger charge is 2.07. The summed E-state index contributed by atoms with van der Waals surface area (Å²) in [5.74, 6) is 0.827. The van der Waals surface area contributed by atoms with E-state index in [4.69, 9.17) is 16.3 Å². The lowest BCUT2D eigenvalue weighted by molar-refractivity contribution is 0.440. The highest BCUT2D eigenvalue weighted by atomic mass is 127. The van der Waals surface area contributed by atoms with Crippen molar-refractivity contribution in [3.05, 3.63) is 83.2 Å². The molecule has 9 heteroatoms. The lowest BCUT2D eigenvalue weighted by atomic mass is 10.2. The third-order valence-electron chi connectivity index (χ3n) is 4.04. The van der Waals surface area contributed by atoms with E-state index in [1.54, 1.807) is 49.8 Å². The maximum atomic E-state index is 14.3. The molecule has 0 unspecified atom stereocenters. The number of halogens is 3. The molecule has 1 aromatic carbocycles. The molecule has 0 amide bonds. The first-order valence-electron chi connectivity index (χ1n) is 9.05. The highest BCUT2D eigenvalue weighted by molar-refractivity contribution is 14.0. The van der Waals surface area contributed by atoms with Crippen LogP contribution in [0.2, 0.25) is 5.15 Å². The topological polar surface area (TPSA) is 71.4 Å². The fourth-order valence-electron chi connectivity index (χ4n) is 2.56. The standard InChI is InChI=1S/C21H21ClFN5O.HI/c1-24-21(26-10-8-15-5-7-20(22)27-12-15)28-13-16-4-6-19(18(23)11-16)29-17-3-2-9-25-14-17;/h2-7,9,11-12,14H,8,10,13H2,1H3,(H2,24,26,28);1H. The van der Waals surface area contributed by atoms with E-state index in [1.807, 2.05) is 6.07 Å². The van der Waals surface area contributed by atoms with E-state index in [2.05, 4.69) is 25.6 Å². The summed E-state index contributed by atoms with van der Waals surface area (Å²) < 4.78 is 19.8. The van der Waals surface area contributed by atoms with Crippen molar-refractivity contribution in [1.82, 2.24) is 20.6 Å². The Morgan fingerprint density at radius 2 is 1.97 bits per heavy atom. The van der Waals surface area contributed by atoms with Crippen molar-refractivity contribution >= 4 is 41.5 Å². The Morgan fingerprint density at radius 3 is 2.63 bits per heavy atom. The van der Waals surface area contributed by atoms with Crippen LogP contribution in [0.15, 0.2) is 66.0 Å². The molecule has 0 fully saturated rings. The van der Waals surface area contributed by atoms with Crippen molar-refractivity contribution in [2.24, 2.45) is 4.99 Å². The molecule has 2 aromatic heterocycles. The maximum absolute atomic E-state index is 14.3. The Bertz CT molecular complexity index is 957. The van der Waals surface area contributed by atoms with Gasteiger partial charge in [0.25, 0.3) is 0 Å². The van der Waals surface area contributed by atoms with Crippen molar-refractivity contribution in [3.8, 4) is 11.5 Å². The minimum absolute atomic E-state index is 0. The van der Waals surface area contributed by atoms with Gasteiger partial charge in [-0.15, -0.1) is 24.0 Å². The Morgan fingerprint density at radius 1 is 1.13 bits per heavy atom. The molecule has 3 rings (SSSR count). The van der Waals surface area contributed by atoms with Gasteiger partial charge in [0, 0.05) is 32.5 Å². The fraction of sp³-hybridized carbons (Fsp3) is 0.190. The van der Waals surface area contributed by atoms with Gasteiger partial charge in [0.1, 0.15) is 10.9 Å². The second-order valence-corrected chi connectivity index (χ2v) is 6.53. The molecule has 0 atom stereocenters. The van der Waals surface area contributed by atoms with Crippen molar-refractivity contribution in [2.75, 3.05) is 13.6 Å². The number of nitrogens with one attached hydrogen (secondary N) is 2. The number of ether oxygens (including phenoxy) is 1. The molecule has 0 saturated heterocycles. The number of aromatic nitrogens is 2. The predicted molar refractivity (Wildman–Crippen MR) is 127 cm³/mol. The van der Waals surface area contributed by atoms with Gasteiger partial charge in [-0.25, -0.2) is 9.37 Å². The molecule has 0 saturated carbocycles. The van der Waals surface area contributed by atoms with E-state index in [9.17, 15) is 4.39 Å². The molecule has 0 aliphatic rings.